The summed E-state index contributed by atoms with van der Waals surface area (Å²) in [6.45, 7) is 0.133. The van der Waals surface area contributed by atoms with Gasteiger partial charge in [0.25, 0.3) is 0 Å². The Bertz CT molecular complexity index is 657. The van der Waals surface area contributed by atoms with Gasteiger partial charge in [-0.1, -0.05) is 12.1 Å². The fourth-order valence-electron chi connectivity index (χ4n) is 2.99. The van der Waals surface area contributed by atoms with Gasteiger partial charge in [0.15, 0.2) is 5.78 Å². The van der Waals surface area contributed by atoms with E-state index in [1.807, 2.05) is 30.3 Å². The summed E-state index contributed by atoms with van der Waals surface area (Å²) >= 11 is 0. The summed E-state index contributed by atoms with van der Waals surface area (Å²) in [7, 11) is 1.64. The first-order valence-corrected chi connectivity index (χ1v) is 7.61. The van der Waals surface area contributed by atoms with Crippen LogP contribution in [-0.4, -0.2) is 30.1 Å². The molecule has 23 heavy (non-hydrogen) atoms. The zero-order chi connectivity index (χ0) is 15.5. The number of aliphatic hydroxyl groups excluding tert-OH is 1. The number of methoxy groups -OCH3 is 1. The molecule has 0 radical (unpaired) electrons. The topological polar surface area (TPSA) is 91.2 Å². The number of ketones is 1. The smallest absolute Gasteiger partial charge is 0.167 e. The van der Waals surface area contributed by atoms with E-state index in [9.17, 15) is 4.79 Å². The zero-order valence-corrected chi connectivity index (χ0v) is 13.2. The first-order chi connectivity index (χ1) is 10.7. The van der Waals surface area contributed by atoms with E-state index in [0.29, 0.717) is 19.3 Å². The average molecular weight is 318 g/mol. The van der Waals surface area contributed by atoms with Gasteiger partial charge in [-0.2, -0.15) is 0 Å². The van der Waals surface area contributed by atoms with Crippen molar-refractivity contribution in [1.82, 2.24) is 0 Å². The maximum absolute atomic E-state index is 12.3. The van der Waals surface area contributed by atoms with Crippen LogP contribution >= 0.6 is 0 Å². The molecule has 5 nitrogen and oxygen atoms in total. The lowest BCUT2D eigenvalue weighted by atomic mass is 9.83. The van der Waals surface area contributed by atoms with Crippen LogP contribution in [0.15, 0.2) is 34.7 Å². The van der Waals surface area contributed by atoms with Crippen LogP contribution in [0.1, 0.15) is 46.2 Å². The van der Waals surface area contributed by atoms with Crippen LogP contribution in [0.3, 0.4) is 0 Å². The first-order valence-electron chi connectivity index (χ1n) is 7.61. The Labute approximate surface area is 135 Å². The van der Waals surface area contributed by atoms with Gasteiger partial charge in [0.2, 0.25) is 0 Å². The minimum absolute atomic E-state index is 0. The largest absolute Gasteiger partial charge is 0.497 e. The number of hydrogen-bond acceptors (Lipinski definition) is 4. The summed E-state index contributed by atoms with van der Waals surface area (Å²) < 4.78 is 11.0. The van der Waals surface area contributed by atoms with Crippen LogP contribution in [0.5, 0.6) is 5.75 Å². The van der Waals surface area contributed by atoms with E-state index in [0.717, 1.165) is 34.8 Å². The Kier molecular flexibility index (Phi) is 5.58. The van der Waals surface area contributed by atoms with Crippen molar-refractivity contribution in [2.45, 2.75) is 31.6 Å². The zero-order valence-electron chi connectivity index (χ0n) is 13.2. The third-order valence-electron chi connectivity index (χ3n) is 4.19. The number of fused-ring (bicyclic) bond motifs is 1. The number of hydrogen-bond donors (Lipinski definition) is 1. The Hall–Kier alpha value is -2.11. The second-order valence-electron chi connectivity index (χ2n) is 5.68. The molecule has 3 N–H and O–H groups in total. The molecule has 1 aromatic carbocycles. The number of benzene rings is 1. The molecule has 124 valence electrons. The number of carbonyl (C=O) groups is 1. The lowest BCUT2D eigenvalue weighted by Gasteiger charge is -2.20. The molecular weight excluding hydrogens is 296 g/mol. The van der Waals surface area contributed by atoms with E-state index >= 15 is 0 Å². The summed E-state index contributed by atoms with van der Waals surface area (Å²) in [6, 6.07) is 9.71. The SMILES string of the molecule is COc1ccc([C@H]2CC(=O)c3cc(CCCO)oc3C2)cc1.O. The Morgan fingerprint density at radius 2 is 2.00 bits per heavy atom. The summed E-state index contributed by atoms with van der Waals surface area (Å²) in [5.41, 5.74) is 1.85. The van der Waals surface area contributed by atoms with Gasteiger partial charge in [0.05, 0.1) is 12.7 Å². The molecule has 0 saturated heterocycles. The van der Waals surface area contributed by atoms with Crippen LogP contribution < -0.4 is 4.74 Å². The van der Waals surface area contributed by atoms with Crippen molar-refractivity contribution in [3.8, 4) is 5.75 Å². The fourth-order valence-corrected chi connectivity index (χ4v) is 2.99. The van der Waals surface area contributed by atoms with Crippen molar-refractivity contribution in [3.63, 3.8) is 0 Å². The van der Waals surface area contributed by atoms with Crippen molar-refractivity contribution in [3.05, 3.63) is 53.0 Å². The third-order valence-corrected chi connectivity index (χ3v) is 4.19. The minimum Gasteiger partial charge on any atom is -0.497 e. The number of aryl methyl sites for hydroxylation is 1. The molecule has 2 aromatic rings. The molecule has 0 unspecified atom stereocenters. The van der Waals surface area contributed by atoms with Crippen molar-refractivity contribution in [2.75, 3.05) is 13.7 Å². The Morgan fingerprint density at radius 3 is 2.65 bits per heavy atom. The van der Waals surface area contributed by atoms with Gasteiger partial charge in [-0.25, -0.2) is 0 Å². The van der Waals surface area contributed by atoms with Gasteiger partial charge in [-0.05, 0) is 36.1 Å². The van der Waals surface area contributed by atoms with Gasteiger partial charge in [-0.3, -0.25) is 4.79 Å². The molecule has 1 heterocycles. The average Bonchev–Trinajstić information content (AvgIpc) is 2.96. The Morgan fingerprint density at radius 1 is 1.26 bits per heavy atom. The van der Waals surface area contributed by atoms with Gasteiger partial charge >= 0.3 is 0 Å². The molecule has 0 amide bonds. The van der Waals surface area contributed by atoms with Gasteiger partial charge in [-0.15, -0.1) is 0 Å². The number of rotatable bonds is 5. The van der Waals surface area contributed by atoms with E-state index in [4.69, 9.17) is 14.3 Å². The standard InChI is InChI=1S/C18H20O4.H2O/c1-21-14-6-4-12(5-7-14)13-9-17(20)16-11-15(3-2-8-19)22-18(16)10-13;/h4-7,11,13,19H,2-3,8-10H2,1H3;1H2/t13-;/m0./s1. The highest BCUT2D eigenvalue weighted by atomic mass is 16.5. The van der Waals surface area contributed by atoms with Crippen LogP contribution in [0.2, 0.25) is 0 Å². The predicted molar refractivity (Wildman–Crippen MR) is 86.1 cm³/mol. The van der Waals surface area contributed by atoms with E-state index < -0.39 is 0 Å². The molecule has 0 spiro atoms. The number of furan rings is 1. The van der Waals surface area contributed by atoms with Crippen molar-refractivity contribution >= 4 is 5.78 Å². The van der Waals surface area contributed by atoms with Crippen LogP contribution in [0, 0.1) is 0 Å². The van der Waals surface area contributed by atoms with Gasteiger partial charge < -0.3 is 19.7 Å². The number of aliphatic hydroxyl groups is 1. The van der Waals surface area contributed by atoms with Crippen molar-refractivity contribution in [2.24, 2.45) is 0 Å². The quantitative estimate of drug-likeness (QED) is 0.915. The molecule has 0 aliphatic heterocycles. The summed E-state index contributed by atoms with van der Waals surface area (Å²) in [5, 5.41) is 8.90. The van der Waals surface area contributed by atoms with Crippen LogP contribution in [-0.2, 0) is 12.8 Å². The summed E-state index contributed by atoms with van der Waals surface area (Å²) in [6.07, 6.45) is 2.58. The van der Waals surface area contributed by atoms with E-state index in [-0.39, 0.29) is 23.8 Å². The first kappa shape index (κ1) is 17.2. The Balaban J connectivity index is 0.00000192. The van der Waals surface area contributed by atoms with Crippen molar-refractivity contribution in [1.29, 1.82) is 0 Å². The number of ether oxygens (including phenoxy) is 1. The van der Waals surface area contributed by atoms with Gasteiger partial charge in [0.1, 0.15) is 17.3 Å². The van der Waals surface area contributed by atoms with E-state index in [1.165, 1.54) is 0 Å². The monoisotopic (exact) mass is 318 g/mol. The second-order valence-corrected chi connectivity index (χ2v) is 5.68. The molecule has 0 saturated carbocycles. The van der Waals surface area contributed by atoms with Crippen LogP contribution in [0.4, 0.5) is 0 Å². The van der Waals surface area contributed by atoms with Gasteiger partial charge in [0, 0.05) is 25.9 Å². The minimum atomic E-state index is 0. The highest BCUT2D eigenvalue weighted by Gasteiger charge is 2.29. The maximum atomic E-state index is 12.3. The highest BCUT2D eigenvalue weighted by Crippen LogP contribution is 2.35. The summed E-state index contributed by atoms with van der Waals surface area (Å²) in [5.74, 6) is 2.69. The van der Waals surface area contributed by atoms with Crippen molar-refractivity contribution < 1.29 is 24.5 Å². The molecule has 1 atom stereocenters. The van der Waals surface area contributed by atoms with E-state index in [1.54, 1.807) is 7.11 Å². The van der Waals surface area contributed by atoms with Crippen LogP contribution in [0.25, 0.3) is 0 Å². The lowest BCUT2D eigenvalue weighted by molar-refractivity contribution is 0.0960. The predicted octanol–water partition coefficient (Wildman–Crippen LogP) is 2.30. The third kappa shape index (κ3) is 3.63. The molecule has 3 rings (SSSR count). The lowest BCUT2D eigenvalue weighted by Crippen LogP contribution is -2.17. The highest BCUT2D eigenvalue weighted by molar-refractivity contribution is 5.98. The molecule has 1 aliphatic rings. The summed E-state index contributed by atoms with van der Waals surface area (Å²) in [4.78, 5) is 12.3. The molecule has 1 aliphatic carbocycles. The maximum Gasteiger partial charge on any atom is 0.167 e. The number of carbonyl (C=O) groups excluding carboxylic acids is 1. The fraction of sp³-hybridized carbons (Fsp3) is 0.389. The molecule has 0 bridgehead atoms. The molecular formula is C18H22O5. The molecule has 1 aromatic heterocycles. The number of Topliss-reactive ketones (excluding diaryl/α,β-unsaturated/α-hetero) is 1. The van der Waals surface area contributed by atoms with E-state index in [2.05, 4.69) is 0 Å². The molecule has 0 fully saturated rings. The molecule has 5 heteroatoms. The second kappa shape index (κ2) is 7.44. The normalized spacial score (nSPS) is 16.6.